The molecule has 0 unspecified atom stereocenters. The zero-order valence-corrected chi connectivity index (χ0v) is 21.0. The van der Waals surface area contributed by atoms with Crippen LogP contribution in [0.3, 0.4) is 0 Å². The Bertz CT molecular complexity index is 1340. The lowest BCUT2D eigenvalue weighted by atomic mass is 9.70. The van der Waals surface area contributed by atoms with Gasteiger partial charge in [0.2, 0.25) is 0 Å². The number of pyridine rings is 1. The molecule has 0 spiro atoms. The van der Waals surface area contributed by atoms with E-state index < -0.39 is 0 Å². The molecular formula is C31H33N3O2. The fourth-order valence-corrected chi connectivity index (χ4v) is 5.28. The van der Waals surface area contributed by atoms with Gasteiger partial charge in [-0.3, -0.25) is 14.7 Å². The normalized spacial score (nSPS) is 15.5. The summed E-state index contributed by atoms with van der Waals surface area (Å²) in [7, 11) is 0. The van der Waals surface area contributed by atoms with Crippen LogP contribution in [0, 0.1) is 6.92 Å². The second kappa shape index (κ2) is 10.5. The Morgan fingerprint density at radius 3 is 2.50 bits per heavy atom. The Hall–Kier alpha value is -3.70. The Morgan fingerprint density at radius 1 is 0.972 bits per heavy atom. The largest absolute Gasteiger partial charge is 0.492 e. The molecule has 1 aliphatic rings. The lowest BCUT2D eigenvalue weighted by Crippen LogP contribution is -2.47. The van der Waals surface area contributed by atoms with Gasteiger partial charge in [0.1, 0.15) is 18.1 Å². The Kier molecular flexibility index (Phi) is 7.01. The fraction of sp³-hybridized carbons (Fsp3) is 0.290. The van der Waals surface area contributed by atoms with Gasteiger partial charge < -0.3 is 10.1 Å². The lowest BCUT2D eigenvalue weighted by molar-refractivity contribution is -0.124. The topological polar surface area (TPSA) is 54.5 Å². The number of aromatic nitrogens is 1. The number of hydrogen-bond donors (Lipinski definition) is 1. The molecule has 5 nitrogen and oxygen atoms in total. The van der Waals surface area contributed by atoms with Crippen LogP contribution < -0.4 is 10.1 Å². The number of nitrogens with zero attached hydrogens (tertiary/aromatic N) is 2. The molecule has 2 heterocycles. The number of para-hydroxylation sites is 1. The van der Waals surface area contributed by atoms with E-state index in [1.54, 1.807) is 6.92 Å². The monoisotopic (exact) mass is 479 g/mol. The van der Waals surface area contributed by atoms with Crippen molar-refractivity contribution in [1.82, 2.24) is 9.88 Å². The molecule has 1 fully saturated rings. The summed E-state index contributed by atoms with van der Waals surface area (Å²) in [5.74, 6) is 1.11. The minimum absolute atomic E-state index is 0.270. The van der Waals surface area contributed by atoms with E-state index in [0.717, 1.165) is 71.8 Å². The summed E-state index contributed by atoms with van der Waals surface area (Å²) in [6.45, 7) is 7.00. The van der Waals surface area contributed by atoms with Crippen LogP contribution >= 0.6 is 0 Å². The Morgan fingerprint density at radius 2 is 1.72 bits per heavy atom. The maximum Gasteiger partial charge on any atom is 0.140 e. The quantitative estimate of drug-likeness (QED) is 0.322. The third kappa shape index (κ3) is 5.12. The van der Waals surface area contributed by atoms with Crippen LogP contribution in [0.15, 0.2) is 84.9 Å². The Balaban J connectivity index is 1.18. The number of likely N-dealkylation sites (tertiary alicyclic amines) is 1. The first kappa shape index (κ1) is 24.0. The van der Waals surface area contributed by atoms with Crippen molar-refractivity contribution in [2.75, 3.05) is 31.6 Å². The number of ether oxygens (including phenoxy) is 1. The van der Waals surface area contributed by atoms with Gasteiger partial charge in [0, 0.05) is 35.1 Å². The van der Waals surface area contributed by atoms with Crippen LogP contribution in [-0.4, -0.2) is 41.9 Å². The highest BCUT2D eigenvalue weighted by Gasteiger charge is 2.40. The minimum Gasteiger partial charge on any atom is -0.492 e. The zero-order chi connectivity index (χ0) is 25.0. The molecule has 1 N–H and O–H groups in total. The summed E-state index contributed by atoms with van der Waals surface area (Å²) < 4.78 is 6.12. The second-order valence-corrected chi connectivity index (χ2v) is 9.68. The van der Waals surface area contributed by atoms with Crippen molar-refractivity contribution in [1.29, 1.82) is 0 Å². The van der Waals surface area contributed by atoms with Gasteiger partial charge in [0.25, 0.3) is 0 Å². The molecule has 5 heteroatoms. The highest BCUT2D eigenvalue weighted by molar-refractivity contribution is 5.93. The van der Waals surface area contributed by atoms with Gasteiger partial charge in [-0.2, -0.15) is 0 Å². The number of anilines is 2. The maximum absolute atomic E-state index is 12.6. The van der Waals surface area contributed by atoms with Crippen molar-refractivity contribution in [3.63, 3.8) is 0 Å². The molecule has 5 rings (SSSR count). The third-order valence-corrected chi connectivity index (χ3v) is 7.34. The number of carbonyl (C=O) groups excluding carboxylic acids is 1. The van der Waals surface area contributed by atoms with E-state index in [2.05, 4.69) is 39.5 Å². The number of piperidine rings is 1. The van der Waals surface area contributed by atoms with E-state index in [9.17, 15) is 4.79 Å². The number of Topliss-reactive ketones (excluding diaryl/α,β-unsaturated/α-hetero) is 1. The van der Waals surface area contributed by atoms with Gasteiger partial charge in [-0.15, -0.1) is 0 Å². The molecule has 0 aliphatic carbocycles. The number of hydrogen-bond acceptors (Lipinski definition) is 5. The molecule has 1 aliphatic heterocycles. The molecule has 0 radical (unpaired) electrons. The van der Waals surface area contributed by atoms with Gasteiger partial charge in [0.05, 0.1) is 10.9 Å². The number of nitrogens with one attached hydrogen (secondary N) is 1. The number of benzene rings is 3. The molecule has 0 atom stereocenters. The van der Waals surface area contributed by atoms with Crippen LogP contribution in [0.2, 0.25) is 0 Å². The van der Waals surface area contributed by atoms with Crippen LogP contribution in [0.1, 0.15) is 31.0 Å². The van der Waals surface area contributed by atoms with Crippen molar-refractivity contribution in [3.8, 4) is 5.75 Å². The molecule has 0 amide bonds. The maximum atomic E-state index is 12.6. The molecule has 1 aromatic heterocycles. The molecule has 4 aromatic rings. The molecule has 36 heavy (non-hydrogen) atoms. The minimum atomic E-state index is -0.353. The molecule has 3 aromatic carbocycles. The molecule has 0 bridgehead atoms. The molecular weight excluding hydrogens is 446 g/mol. The predicted molar refractivity (Wildman–Crippen MR) is 146 cm³/mol. The number of ketones is 1. The first-order valence-electron chi connectivity index (χ1n) is 12.7. The number of aryl methyl sites for hydroxylation is 1. The van der Waals surface area contributed by atoms with E-state index in [-0.39, 0.29) is 11.2 Å². The summed E-state index contributed by atoms with van der Waals surface area (Å²) in [5, 5.41) is 4.63. The van der Waals surface area contributed by atoms with Crippen molar-refractivity contribution >= 4 is 28.1 Å². The van der Waals surface area contributed by atoms with Gasteiger partial charge in [-0.05, 0) is 69.6 Å². The van der Waals surface area contributed by atoms with E-state index in [4.69, 9.17) is 4.74 Å². The van der Waals surface area contributed by atoms with E-state index >= 15 is 0 Å². The number of fused-ring (bicyclic) bond motifs is 1. The van der Waals surface area contributed by atoms with E-state index in [1.165, 1.54) is 0 Å². The predicted octanol–water partition coefficient (Wildman–Crippen LogP) is 6.29. The average molecular weight is 480 g/mol. The lowest BCUT2D eigenvalue weighted by Gasteiger charge is -2.40. The summed E-state index contributed by atoms with van der Waals surface area (Å²) >= 11 is 0. The molecule has 0 saturated carbocycles. The van der Waals surface area contributed by atoms with Gasteiger partial charge in [-0.1, -0.05) is 54.6 Å². The Labute approximate surface area is 213 Å². The third-order valence-electron chi connectivity index (χ3n) is 7.34. The van der Waals surface area contributed by atoms with Crippen LogP contribution in [0.25, 0.3) is 10.9 Å². The second-order valence-electron chi connectivity index (χ2n) is 9.68. The highest BCUT2D eigenvalue weighted by Crippen LogP contribution is 2.36. The molecule has 184 valence electrons. The van der Waals surface area contributed by atoms with Crippen LogP contribution in [-0.2, 0) is 10.2 Å². The van der Waals surface area contributed by atoms with Gasteiger partial charge >= 0.3 is 0 Å². The SMILES string of the molecule is CC(=O)C1(c2ccccc2)CCN(CCOc2cccc(Nc3cc(C)nc4ccccc34)c2)CC1. The first-order chi connectivity index (χ1) is 17.5. The van der Waals surface area contributed by atoms with Crippen LogP contribution in [0.4, 0.5) is 11.4 Å². The number of rotatable bonds is 8. The molecule has 1 saturated heterocycles. The summed E-state index contributed by atoms with van der Waals surface area (Å²) in [6.07, 6.45) is 1.70. The highest BCUT2D eigenvalue weighted by atomic mass is 16.5. The zero-order valence-electron chi connectivity index (χ0n) is 21.0. The number of carbonyl (C=O) groups is 1. The van der Waals surface area contributed by atoms with Crippen molar-refractivity contribution in [2.45, 2.75) is 32.1 Å². The van der Waals surface area contributed by atoms with Crippen molar-refractivity contribution in [3.05, 3.63) is 96.2 Å². The smallest absolute Gasteiger partial charge is 0.140 e. The fourth-order valence-electron chi connectivity index (χ4n) is 5.28. The van der Waals surface area contributed by atoms with E-state index in [1.807, 2.05) is 67.6 Å². The van der Waals surface area contributed by atoms with E-state index in [0.29, 0.717) is 6.61 Å². The van der Waals surface area contributed by atoms with Gasteiger partial charge in [0.15, 0.2) is 0 Å². The van der Waals surface area contributed by atoms with Gasteiger partial charge in [-0.25, -0.2) is 0 Å². The summed E-state index contributed by atoms with van der Waals surface area (Å²) in [6, 6.07) is 28.6. The first-order valence-corrected chi connectivity index (χ1v) is 12.7. The van der Waals surface area contributed by atoms with Crippen LogP contribution in [0.5, 0.6) is 5.75 Å². The van der Waals surface area contributed by atoms with Crippen molar-refractivity contribution < 1.29 is 9.53 Å². The summed E-state index contributed by atoms with van der Waals surface area (Å²) in [5.41, 5.74) is 4.77. The van der Waals surface area contributed by atoms with Crippen molar-refractivity contribution in [2.24, 2.45) is 0 Å². The average Bonchev–Trinajstić information content (AvgIpc) is 2.90. The summed E-state index contributed by atoms with van der Waals surface area (Å²) in [4.78, 5) is 19.7. The standard InChI is InChI=1S/C31H33N3O2/c1-23-21-30(28-13-6-7-14-29(28)32-23)33-26-11-8-12-27(22-26)36-20-19-34-17-15-31(16-18-34,24(2)35)25-9-4-3-5-10-25/h3-14,21-22H,15-20H2,1-2H3,(H,32,33).